The van der Waals surface area contributed by atoms with E-state index in [1.807, 2.05) is 36.4 Å². The van der Waals surface area contributed by atoms with Crippen molar-refractivity contribution >= 4 is 48.0 Å². The Morgan fingerprint density at radius 3 is 2.17 bits per heavy atom. The second-order valence-electron chi connectivity index (χ2n) is 6.66. The molecule has 2 aromatic rings. The number of piperazine rings is 1. The third-order valence-electron chi connectivity index (χ3n) is 4.82. The lowest BCUT2D eigenvalue weighted by atomic mass is 10.0. The molecule has 7 heteroatoms. The Morgan fingerprint density at radius 1 is 0.897 bits per heavy atom. The van der Waals surface area contributed by atoms with Crippen LogP contribution in [0.3, 0.4) is 0 Å². The molecule has 3 rings (SSSR count). The van der Waals surface area contributed by atoms with E-state index >= 15 is 0 Å². The summed E-state index contributed by atoms with van der Waals surface area (Å²) in [6.07, 6.45) is 5.23. The standard InChI is InChI=1S/C22H24Cl2N2O.2ClH/c1-2-10-25-11-13-26(14-12-25)15-16-27-22(18-6-4-3-5-7-18)19-8-9-20(23)21(24)17-19;;/h1,3-9,17,22H,10-16H2;2*1H. The molecule has 1 aliphatic heterocycles. The highest BCUT2D eigenvalue weighted by Gasteiger charge is 2.19. The maximum atomic E-state index is 6.30. The number of nitrogens with zero attached hydrogens (tertiary/aromatic N) is 2. The van der Waals surface area contributed by atoms with Crippen molar-refractivity contribution < 1.29 is 4.74 Å². The van der Waals surface area contributed by atoms with Gasteiger partial charge in [-0.2, -0.15) is 0 Å². The molecule has 0 bridgehead atoms. The second-order valence-corrected chi connectivity index (χ2v) is 7.47. The Hall–Kier alpha value is -0.960. The predicted molar refractivity (Wildman–Crippen MR) is 127 cm³/mol. The molecule has 158 valence electrons. The van der Waals surface area contributed by atoms with E-state index in [9.17, 15) is 0 Å². The Bertz CT molecular complexity index is 774. The van der Waals surface area contributed by atoms with Crippen molar-refractivity contribution in [1.29, 1.82) is 0 Å². The van der Waals surface area contributed by atoms with Crippen molar-refractivity contribution in [3.63, 3.8) is 0 Å². The van der Waals surface area contributed by atoms with Crippen LogP contribution < -0.4 is 0 Å². The van der Waals surface area contributed by atoms with Gasteiger partial charge in [-0.15, -0.1) is 31.2 Å². The molecule has 1 atom stereocenters. The molecule has 3 nitrogen and oxygen atoms in total. The molecular weight excluding hydrogens is 450 g/mol. The molecule has 2 aromatic carbocycles. The smallest absolute Gasteiger partial charge is 0.108 e. The van der Waals surface area contributed by atoms with Gasteiger partial charge in [0, 0.05) is 32.7 Å². The van der Waals surface area contributed by atoms with Gasteiger partial charge in [0.1, 0.15) is 6.10 Å². The normalized spacial score (nSPS) is 15.6. The Morgan fingerprint density at radius 2 is 1.55 bits per heavy atom. The lowest BCUT2D eigenvalue weighted by Gasteiger charge is -2.33. The molecule has 0 aromatic heterocycles. The zero-order valence-corrected chi connectivity index (χ0v) is 19.2. The van der Waals surface area contributed by atoms with Crippen molar-refractivity contribution in [3.8, 4) is 12.3 Å². The average molecular weight is 476 g/mol. The summed E-state index contributed by atoms with van der Waals surface area (Å²) in [4.78, 5) is 4.73. The van der Waals surface area contributed by atoms with Crippen LogP contribution in [0.2, 0.25) is 10.0 Å². The number of hydrogen-bond donors (Lipinski definition) is 0. The quantitative estimate of drug-likeness (QED) is 0.512. The van der Waals surface area contributed by atoms with Crippen molar-refractivity contribution in [2.24, 2.45) is 0 Å². The van der Waals surface area contributed by atoms with Gasteiger partial charge in [0.2, 0.25) is 0 Å². The van der Waals surface area contributed by atoms with Gasteiger partial charge in [0.05, 0.1) is 23.2 Å². The van der Waals surface area contributed by atoms with E-state index in [2.05, 4.69) is 27.9 Å². The van der Waals surface area contributed by atoms with Crippen LogP contribution in [-0.4, -0.2) is 55.7 Å². The molecule has 0 spiro atoms. The fourth-order valence-electron chi connectivity index (χ4n) is 3.29. The molecule has 1 aliphatic rings. The van der Waals surface area contributed by atoms with Gasteiger partial charge in [-0.1, -0.05) is 65.5 Å². The van der Waals surface area contributed by atoms with Gasteiger partial charge in [-0.3, -0.25) is 9.80 Å². The fraction of sp³-hybridized carbons (Fsp3) is 0.364. The number of terminal acetylenes is 1. The number of ether oxygens (including phenoxy) is 1. The molecule has 1 unspecified atom stereocenters. The summed E-state index contributed by atoms with van der Waals surface area (Å²) in [6, 6.07) is 15.9. The van der Waals surface area contributed by atoms with Crippen molar-refractivity contribution in [3.05, 3.63) is 69.7 Å². The Labute approximate surface area is 196 Å². The predicted octanol–water partition coefficient (Wildman–Crippen LogP) is 5.19. The summed E-state index contributed by atoms with van der Waals surface area (Å²) < 4.78 is 6.30. The van der Waals surface area contributed by atoms with E-state index in [0.29, 0.717) is 16.7 Å². The minimum atomic E-state index is -0.163. The molecule has 1 fully saturated rings. The SMILES string of the molecule is C#CCN1CCN(CCOC(c2ccccc2)c2ccc(Cl)c(Cl)c2)CC1.Cl.Cl. The van der Waals surface area contributed by atoms with Crippen LogP contribution in [0.15, 0.2) is 48.5 Å². The summed E-state index contributed by atoms with van der Waals surface area (Å²) in [6.45, 7) is 6.35. The first-order valence-electron chi connectivity index (χ1n) is 9.17. The summed E-state index contributed by atoms with van der Waals surface area (Å²) in [5.41, 5.74) is 2.11. The van der Waals surface area contributed by atoms with Crippen LogP contribution in [0.25, 0.3) is 0 Å². The van der Waals surface area contributed by atoms with Gasteiger partial charge >= 0.3 is 0 Å². The number of rotatable bonds is 7. The third-order valence-corrected chi connectivity index (χ3v) is 5.56. The van der Waals surface area contributed by atoms with Gasteiger partial charge in [0.15, 0.2) is 0 Å². The van der Waals surface area contributed by atoms with Gasteiger partial charge in [-0.05, 0) is 23.3 Å². The highest BCUT2D eigenvalue weighted by atomic mass is 35.5. The van der Waals surface area contributed by atoms with Gasteiger partial charge < -0.3 is 4.74 Å². The lowest BCUT2D eigenvalue weighted by molar-refractivity contribution is 0.0470. The second kappa shape index (κ2) is 13.4. The van der Waals surface area contributed by atoms with Crippen LogP contribution in [0, 0.1) is 12.3 Å². The first-order chi connectivity index (χ1) is 13.2. The maximum Gasteiger partial charge on any atom is 0.108 e. The zero-order valence-electron chi connectivity index (χ0n) is 16.1. The molecule has 1 saturated heterocycles. The molecule has 1 heterocycles. The largest absolute Gasteiger partial charge is 0.367 e. The minimum Gasteiger partial charge on any atom is -0.367 e. The number of halogens is 4. The van der Waals surface area contributed by atoms with E-state index in [-0.39, 0.29) is 30.9 Å². The molecule has 29 heavy (non-hydrogen) atoms. The first kappa shape index (κ1) is 26.1. The maximum absolute atomic E-state index is 6.30. The van der Waals surface area contributed by atoms with Gasteiger partial charge in [-0.25, -0.2) is 0 Å². The number of hydrogen-bond acceptors (Lipinski definition) is 3. The molecule has 0 saturated carbocycles. The lowest BCUT2D eigenvalue weighted by Crippen LogP contribution is -2.47. The van der Waals surface area contributed by atoms with Crippen LogP contribution in [0.1, 0.15) is 17.2 Å². The molecular formula is C22H26Cl4N2O. The van der Waals surface area contributed by atoms with Gasteiger partial charge in [0.25, 0.3) is 0 Å². The molecule has 0 N–H and O–H groups in total. The Kier molecular flexibility index (Phi) is 12.0. The summed E-state index contributed by atoms with van der Waals surface area (Å²) in [7, 11) is 0. The summed E-state index contributed by atoms with van der Waals surface area (Å²) in [5, 5.41) is 1.10. The molecule has 0 radical (unpaired) electrons. The highest BCUT2D eigenvalue weighted by Crippen LogP contribution is 2.31. The van der Waals surface area contributed by atoms with Crippen molar-refractivity contribution in [2.75, 3.05) is 45.9 Å². The van der Waals surface area contributed by atoms with E-state index in [0.717, 1.165) is 50.4 Å². The van der Waals surface area contributed by atoms with Crippen molar-refractivity contribution in [1.82, 2.24) is 9.80 Å². The highest BCUT2D eigenvalue weighted by molar-refractivity contribution is 6.42. The summed E-state index contributed by atoms with van der Waals surface area (Å²) in [5.74, 6) is 2.72. The van der Waals surface area contributed by atoms with E-state index in [1.165, 1.54) is 0 Å². The third kappa shape index (κ3) is 7.66. The van der Waals surface area contributed by atoms with Crippen LogP contribution in [0.5, 0.6) is 0 Å². The molecule has 0 amide bonds. The van der Waals surface area contributed by atoms with Crippen LogP contribution in [0.4, 0.5) is 0 Å². The fourth-order valence-corrected chi connectivity index (χ4v) is 3.59. The zero-order chi connectivity index (χ0) is 19.1. The van der Waals surface area contributed by atoms with E-state index in [4.69, 9.17) is 34.4 Å². The number of benzene rings is 2. The van der Waals surface area contributed by atoms with Crippen LogP contribution in [-0.2, 0) is 4.74 Å². The van der Waals surface area contributed by atoms with Crippen molar-refractivity contribution in [2.45, 2.75) is 6.10 Å². The minimum absolute atomic E-state index is 0. The average Bonchev–Trinajstić information content (AvgIpc) is 2.70. The van der Waals surface area contributed by atoms with E-state index in [1.54, 1.807) is 0 Å². The first-order valence-corrected chi connectivity index (χ1v) is 9.92. The topological polar surface area (TPSA) is 15.7 Å². The van der Waals surface area contributed by atoms with Crippen LogP contribution >= 0.6 is 48.0 Å². The van der Waals surface area contributed by atoms with E-state index < -0.39 is 0 Å². The molecule has 0 aliphatic carbocycles. The monoisotopic (exact) mass is 474 g/mol. The Balaban J connectivity index is 0.00000210. The summed E-state index contributed by atoms with van der Waals surface area (Å²) >= 11 is 12.3.